The van der Waals surface area contributed by atoms with Crippen molar-refractivity contribution in [1.29, 1.82) is 0 Å². The minimum atomic E-state index is 0.0836. The highest BCUT2D eigenvalue weighted by Crippen LogP contribution is 2.22. The average molecular weight is 275 g/mol. The Bertz CT molecular complexity index is 548. The third-order valence-corrected chi connectivity index (χ3v) is 3.82. The van der Waals surface area contributed by atoms with Crippen LogP contribution in [0.1, 0.15) is 17.0 Å². The number of aryl methyl sites for hydroxylation is 1. The van der Waals surface area contributed by atoms with Crippen LogP contribution in [0.2, 0.25) is 0 Å². The lowest BCUT2D eigenvalue weighted by atomic mass is 10.2. The number of hydrogen-bond donors (Lipinski definition) is 1. The summed E-state index contributed by atoms with van der Waals surface area (Å²) in [6.45, 7) is 6.50. The van der Waals surface area contributed by atoms with Crippen molar-refractivity contribution < 1.29 is 5.11 Å². The molecule has 1 heterocycles. The molecule has 19 heavy (non-hydrogen) atoms. The molecule has 2 aromatic rings. The Balaban J connectivity index is 2.03. The van der Waals surface area contributed by atoms with Gasteiger partial charge >= 0.3 is 0 Å². The molecule has 4 nitrogen and oxygen atoms in total. The van der Waals surface area contributed by atoms with Gasteiger partial charge in [-0.05, 0) is 18.1 Å². The standard InChI is InChI=1S/C14H17N3OS/c1-3-8-17-11(2)15-16-14(17)19-10-13-6-4-12(9-18)5-7-13/h3-7,18H,1,8-10H2,2H3. The Morgan fingerprint density at radius 2 is 1.95 bits per heavy atom. The summed E-state index contributed by atoms with van der Waals surface area (Å²) < 4.78 is 2.04. The van der Waals surface area contributed by atoms with Crippen molar-refractivity contribution in [2.24, 2.45) is 0 Å². The van der Waals surface area contributed by atoms with E-state index in [1.54, 1.807) is 11.8 Å². The largest absolute Gasteiger partial charge is 0.392 e. The van der Waals surface area contributed by atoms with Crippen molar-refractivity contribution in [1.82, 2.24) is 14.8 Å². The molecule has 0 amide bonds. The van der Waals surface area contributed by atoms with Gasteiger partial charge in [0.15, 0.2) is 5.16 Å². The summed E-state index contributed by atoms with van der Waals surface area (Å²) in [6.07, 6.45) is 1.84. The van der Waals surface area contributed by atoms with Crippen molar-refractivity contribution in [2.45, 2.75) is 31.0 Å². The SMILES string of the molecule is C=CCn1c(C)nnc1SCc1ccc(CO)cc1. The van der Waals surface area contributed by atoms with Crippen molar-refractivity contribution in [3.63, 3.8) is 0 Å². The number of benzene rings is 1. The van der Waals surface area contributed by atoms with Crippen LogP contribution in [0.15, 0.2) is 42.1 Å². The molecule has 100 valence electrons. The second-order valence-corrected chi connectivity index (χ2v) is 5.13. The van der Waals surface area contributed by atoms with Crippen LogP contribution in [-0.4, -0.2) is 19.9 Å². The normalized spacial score (nSPS) is 10.6. The van der Waals surface area contributed by atoms with Crippen LogP contribution in [0.3, 0.4) is 0 Å². The second kappa shape index (κ2) is 6.54. The first-order valence-corrected chi connectivity index (χ1v) is 7.05. The molecule has 1 aromatic carbocycles. The van der Waals surface area contributed by atoms with Gasteiger partial charge in [-0.1, -0.05) is 42.1 Å². The molecule has 0 atom stereocenters. The fourth-order valence-corrected chi connectivity index (χ4v) is 2.65. The maximum Gasteiger partial charge on any atom is 0.191 e. The highest BCUT2D eigenvalue weighted by atomic mass is 32.2. The predicted molar refractivity (Wildman–Crippen MR) is 76.9 cm³/mol. The zero-order chi connectivity index (χ0) is 13.7. The van der Waals surface area contributed by atoms with E-state index in [2.05, 4.69) is 16.8 Å². The van der Waals surface area contributed by atoms with Crippen LogP contribution in [0.25, 0.3) is 0 Å². The maximum atomic E-state index is 9.00. The number of nitrogens with zero attached hydrogens (tertiary/aromatic N) is 3. The summed E-state index contributed by atoms with van der Waals surface area (Å²) in [5.41, 5.74) is 2.13. The van der Waals surface area contributed by atoms with Crippen LogP contribution in [0, 0.1) is 6.92 Å². The van der Waals surface area contributed by atoms with E-state index in [0.717, 1.165) is 28.8 Å². The summed E-state index contributed by atoms with van der Waals surface area (Å²) in [6, 6.07) is 7.93. The van der Waals surface area contributed by atoms with Gasteiger partial charge in [-0.15, -0.1) is 16.8 Å². The maximum absolute atomic E-state index is 9.00. The van der Waals surface area contributed by atoms with Gasteiger partial charge in [-0.25, -0.2) is 0 Å². The quantitative estimate of drug-likeness (QED) is 0.650. The van der Waals surface area contributed by atoms with Gasteiger partial charge in [0.05, 0.1) is 6.61 Å². The molecule has 1 N–H and O–H groups in total. The molecule has 0 saturated carbocycles. The fraction of sp³-hybridized carbons (Fsp3) is 0.286. The van der Waals surface area contributed by atoms with Gasteiger partial charge < -0.3 is 9.67 Å². The Hall–Kier alpha value is -1.59. The molecule has 0 saturated heterocycles. The number of aromatic nitrogens is 3. The van der Waals surface area contributed by atoms with E-state index in [0.29, 0.717) is 0 Å². The topological polar surface area (TPSA) is 50.9 Å². The Labute approximate surface area is 117 Å². The number of aliphatic hydroxyl groups excluding tert-OH is 1. The smallest absolute Gasteiger partial charge is 0.191 e. The molecule has 2 rings (SSSR count). The zero-order valence-electron chi connectivity index (χ0n) is 10.9. The Morgan fingerprint density at radius 3 is 2.58 bits per heavy atom. The predicted octanol–water partition coefficient (Wildman–Crippen LogP) is 2.56. The highest BCUT2D eigenvalue weighted by Gasteiger charge is 2.08. The van der Waals surface area contributed by atoms with Crippen LogP contribution in [0.4, 0.5) is 0 Å². The molecule has 1 aromatic heterocycles. The van der Waals surface area contributed by atoms with Gasteiger partial charge in [0, 0.05) is 12.3 Å². The molecule has 0 aliphatic heterocycles. The molecule has 0 aliphatic rings. The number of hydrogen-bond acceptors (Lipinski definition) is 4. The summed E-state index contributed by atoms with van der Waals surface area (Å²) >= 11 is 1.65. The van der Waals surface area contributed by atoms with E-state index in [-0.39, 0.29) is 6.61 Å². The fourth-order valence-electron chi connectivity index (χ4n) is 1.70. The summed E-state index contributed by atoms with van der Waals surface area (Å²) in [5.74, 6) is 1.74. The van der Waals surface area contributed by atoms with Gasteiger partial charge in [-0.3, -0.25) is 0 Å². The summed E-state index contributed by atoms with van der Waals surface area (Å²) in [4.78, 5) is 0. The number of allylic oxidation sites excluding steroid dienone is 1. The summed E-state index contributed by atoms with van der Waals surface area (Å²) in [7, 11) is 0. The van der Waals surface area contributed by atoms with Gasteiger partial charge in [-0.2, -0.15) is 0 Å². The van der Waals surface area contributed by atoms with E-state index in [4.69, 9.17) is 5.11 Å². The molecule has 0 fully saturated rings. The average Bonchev–Trinajstić information content (AvgIpc) is 2.79. The van der Waals surface area contributed by atoms with Crippen LogP contribution in [0.5, 0.6) is 0 Å². The van der Waals surface area contributed by atoms with E-state index in [1.807, 2.05) is 41.8 Å². The molecular formula is C14H17N3OS. The minimum Gasteiger partial charge on any atom is -0.392 e. The zero-order valence-corrected chi connectivity index (χ0v) is 11.7. The van der Waals surface area contributed by atoms with Gasteiger partial charge in [0.1, 0.15) is 5.82 Å². The lowest BCUT2D eigenvalue weighted by Crippen LogP contribution is -2.00. The third-order valence-electron chi connectivity index (χ3n) is 2.79. The number of rotatable bonds is 6. The van der Waals surface area contributed by atoms with Crippen LogP contribution in [-0.2, 0) is 18.9 Å². The lowest BCUT2D eigenvalue weighted by molar-refractivity contribution is 0.282. The van der Waals surface area contributed by atoms with Gasteiger partial charge in [0.25, 0.3) is 0 Å². The first-order chi connectivity index (χ1) is 9.24. The Kier molecular flexibility index (Phi) is 4.76. The third kappa shape index (κ3) is 3.45. The first kappa shape index (κ1) is 13.8. The molecule has 0 bridgehead atoms. The van der Waals surface area contributed by atoms with E-state index >= 15 is 0 Å². The minimum absolute atomic E-state index is 0.0836. The molecule has 0 spiro atoms. The van der Waals surface area contributed by atoms with Crippen molar-refractivity contribution in [2.75, 3.05) is 0 Å². The Morgan fingerprint density at radius 1 is 1.26 bits per heavy atom. The van der Waals surface area contributed by atoms with Crippen LogP contribution >= 0.6 is 11.8 Å². The molecule has 0 unspecified atom stereocenters. The van der Waals surface area contributed by atoms with E-state index in [9.17, 15) is 0 Å². The van der Waals surface area contributed by atoms with Crippen LogP contribution < -0.4 is 0 Å². The van der Waals surface area contributed by atoms with Gasteiger partial charge in [0.2, 0.25) is 0 Å². The molecule has 0 radical (unpaired) electrons. The van der Waals surface area contributed by atoms with Crippen molar-refractivity contribution in [3.8, 4) is 0 Å². The first-order valence-electron chi connectivity index (χ1n) is 6.06. The molecular weight excluding hydrogens is 258 g/mol. The highest BCUT2D eigenvalue weighted by molar-refractivity contribution is 7.98. The van der Waals surface area contributed by atoms with Crippen molar-refractivity contribution in [3.05, 3.63) is 53.9 Å². The van der Waals surface area contributed by atoms with Crippen molar-refractivity contribution >= 4 is 11.8 Å². The monoisotopic (exact) mass is 275 g/mol. The second-order valence-electron chi connectivity index (χ2n) is 4.19. The lowest BCUT2D eigenvalue weighted by Gasteiger charge is -2.05. The summed E-state index contributed by atoms with van der Waals surface area (Å²) in [5, 5.41) is 18.2. The molecule has 0 aliphatic carbocycles. The van der Waals surface area contributed by atoms with E-state index in [1.165, 1.54) is 5.56 Å². The number of thioether (sulfide) groups is 1. The van der Waals surface area contributed by atoms with E-state index < -0.39 is 0 Å². The number of aliphatic hydroxyl groups is 1. The molecule has 5 heteroatoms.